The minimum atomic E-state index is -0.173. The van der Waals surface area contributed by atoms with Gasteiger partial charge in [-0.2, -0.15) is 0 Å². The molecule has 0 saturated carbocycles. The summed E-state index contributed by atoms with van der Waals surface area (Å²) in [6.07, 6.45) is 16.6. The summed E-state index contributed by atoms with van der Waals surface area (Å²) < 4.78 is 9.52. The van der Waals surface area contributed by atoms with E-state index >= 15 is 0 Å². The van der Waals surface area contributed by atoms with Gasteiger partial charge in [-0.05, 0) is 12.8 Å². The molecular weight excluding hydrogens is 292 g/mol. The van der Waals surface area contributed by atoms with Gasteiger partial charge in [0, 0.05) is 13.3 Å². The summed E-state index contributed by atoms with van der Waals surface area (Å²) in [7, 11) is 1.45. The first-order valence-electron chi connectivity index (χ1n) is 9.37. The smallest absolute Gasteiger partial charge is 0.305 e. The van der Waals surface area contributed by atoms with E-state index in [9.17, 15) is 9.59 Å². The van der Waals surface area contributed by atoms with Crippen molar-refractivity contribution in [1.29, 1.82) is 0 Å². The summed E-state index contributed by atoms with van der Waals surface area (Å²) >= 11 is 0. The van der Waals surface area contributed by atoms with Crippen molar-refractivity contribution in [3.05, 3.63) is 0 Å². The van der Waals surface area contributed by atoms with Gasteiger partial charge < -0.3 is 9.47 Å². The van der Waals surface area contributed by atoms with Crippen LogP contribution in [-0.2, 0) is 19.1 Å². The van der Waals surface area contributed by atoms with Crippen LogP contribution in [0.4, 0.5) is 0 Å². The normalized spacial score (nSPS) is 10.5. The standard InChI is InChI=1S/C19H36O4/c1-18(20)23-17-15-13-11-9-7-5-3-4-6-8-10-12-14-16-19(21)22-2/h3-17H2,1-2H3. The summed E-state index contributed by atoms with van der Waals surface area (Å²) in [4.78, 5) is 21.5. The molecule has 4 nitrogen and oxygen atoms in total. The molecule has 0 aliphatic rings. The zero-order chi connectivity index (χ0) is 17.2. The molecular formula is C19H36O4. The highest BCUT2D eigenvalue weighted by atomic mass is 16.5. The lowest BCUT2D eigenvalue weighted by molar-refractivity contribution is -0.141. The summed E-state index contributed by atoms with van der Waals surface area (Å²) in [5, 5.41) is 0. The van der Waals surface area contributed by atoms with Crippen LogP contribution in [0.5, 0.6) is 0 Å². The van der Waals surface area contributed by atoms with E-state index in [1.807, 2.05) is 0 Å². The van der Waals surface area contributed by atoms with Gasteiger partial charge >= 0.3 is 11.9 Å². The number of carbonyl (C=O) groups is 2. The number of hydrogen-bond donors (Lipinski definition) is 0. The number of hydrogen-bond acceptors (Lipinski definition) is 4. The Hall–Kier alpha value is -1.06. The first kappa shape index (κ1) is 21.9. The molecule has 0 rings (SSSR count). The average Bonchev–Trinajstić information content (AvgIpc) is 2.53. The van der Waals surface area contributed by atoms with E-state index in [1.54, 1.807) is 0 Å². The number of carbonyl (C=O) groups excluding carboxylic acids is 2. The number of rotatable bonds is 16. The topological polar surface area (TPSA) is 52.6 Å². The minimum absolute atomic E-state index is 0.0867. The maximum Gasteiger partial charge on any atom is 0.305 e. The third kappa shape index (κ3) is 18.9. The quantitative estimate of drug-likeness (QED) is 0.289. The maximum atomic E-state index is 10.9. The van der Waals surface area contributed by atoms with Crippen molar-refractivity contribution in [2.75, 3.05) is 13.7 Å². The molecule has 0 spiro atoms. The molecule has 0 fully saturated rings. The lowest BCUT2D eigenvalue weighted by Crippen LogP contribution is -2.00. The molecule has 0 N–H and O–H groups in total. The zero-order valence-electron chi connectivity index (χ0n) is 15.2. The van der Waals surface area contributed by atoms with E-state index < -0.39 is 0 Å². The molecule has 23 heavy (non-hydrogen) atoms. The Labute approximate surface area is 142 Å². The molecule has 0 heterocycles. The van der Waals surface area contributed by atoms with Crippen molar-refractivity contribution < 1.29 is 19.1 Å². The molecule has 0 saturated heterocycles. The summed E-state index contributed by atoms with van der Waals surface area (Å²) in [6.45, 7) is 2.04. The molecule has 0 radical (unpaired) electrons. The van der Waals surface area contributed by atoms with E-state index in [1.165, 1.54) is 78.2 Å². The van der Waals surface area contributed by atoms with Crippen LogP contribution >= 0.6 is 0 Å². The first-order valence-corrected chi connectivity index (χ1v) is 9.37. The van der Waals surface area contributed by atoms with E-state index in [2.05, 4.69) is 4.74 Å². The van der Waals surface area contributed by atoms with Crippen LogP contribution < -0.4 is 0 Å². The van der Waals surface area contributed by atoms with Crippen molar-refractivity contribution in [3.63, 3.8) is 0 Å². The fourth-order valence-corrected chi connectivity index (χ4v) is 2.63. The maximum absolute atomic E-state index is 10.9. The third-order valence-corrected chi connectivity index (χ3v) is 4.06. The first-order chi connectivity index (χ1) is 11.2. The van der Waals surface area contributed by atoms with E-state index in [-0.39, 0.29) is 11.9 Å². The Kier molecular flexibility index (Phi) is 16.5. The van der Waals surface area contributed by atoms with Crippen LogP contribution in [0.3, 0.4) is 0 Å². The van der Waals surface area contributed by atoms with Gasteiger partial charge in [0.25, 0.3) is 0 Å². The molecule has 4 heteroatoms. The molecule has 0 aliphatic heterocycles. The largest absolute Gasteiger partial charge is 0.469 e. The third-order valence-electron chi connectivity index (χ3n) is 4.06. The molecule has 0 atom stereocenters. The van der Waals surface area contributed by atoms with Crippen LogP contribution in [0, 0.1) is 0 Å². The summed E-state index contributed by atoms with van der Waals surface area (Å²) in [5.41, 5.74) is 0. The van der Waals surface area contributed by atoms with Crippen molar-refractivity contribution >= 4 is 11.9 Å². The number of unbranched alkanes of at least 4 members (excludes halogenated alkanes) is 12. The second-order valence-corrected chi connectivity index (χ2v) is 6.26. The van der Waals surface area contributed by atoms with Gasteiger partial charge in [-0.3, -0.25) is 9.59 Å². The van der Waals surface area contributed by atoms with Gasteiger partial charge in [-0.1, -0.05) is 70.6 Å². The van der Waals surface area contributed by atoms with Gasteiger partial charge in [0.05, 0.1) is 13.7 Å². The Bertz CT molecular complexity index is 289. The Morgan fingerprint density at radius 1 is 0.652 bits per heavy atom. The Morgan fingerprint density at radius 2 is 1.04 bits per heavy atom. The zero-order valence-corrected chi connectivity index (χ0v) is 15.2. The van der Waals surface area contributed by atoms with Crippen LogP contribution in [0.25, 0.3) is 0 Å². The fourth-order valence-electron chi connectivity index (χ4n) is 2.63. The van der Waals surface area contributed by atoms with Crippen molar-refractivity contribution in [3.8, 4) is 0 Å². The number of methoxy groups -OCH3 is 1. The lowest BCUT2D eigenvalue weighted by Gasteiger charge is -2.04. The van der Waals surface area contributed by atoms with Gasteiger partial charge in [0.15, 0.2) is 0 Å². The predicted molar refractivity (Wildman–Crippen MR) is 93.3 cm³/mol. The van der Waals surface area contributed by atoms with Gasteiger partial charge in [-0.15, -0.1) is 0 Å². The molecule has 0 aromatic carbocycles. The molecule has 0 aromatic rings. The van der Waals surface area contributed by atoms with Crippen LogP contribution in [0.1, 0.15) is 96.8 Å². The van der Waals surface area contributed by atoms with Crippen LogP contribution in [-0.4, -0.2) is 25.7 Å². The SMILES string of the molecule is COC(=O)CCCCCCCCCCCCCCCOC(C)=O. The molecule has 0 aromatic heterocycles. The molecule has 136 valence electrons. The fraction of sp³-hybridized carbons (Fsp3) is 0.895. The van der Waals surface area contributed by atoms with Gasteiger partial charge in [0.1, 0.15) is 0 Å². The summed E-state index contributed by atoms with van der Waals surface area (Å²) in [6, 6.07) is 0. The van der Waals surface area contributed by atoms with Crippen molar-refractivity contribution in [2.45, 2.75) is 96.8 Å². The summed E-state index contributed by atoms with van der Waals surface area (Å²) in [5.74, 6) is -0.259. The number of ether oxygens (including phenoxy) is 2. The lowest BCUT2D eigenvalue weighted by atomic mass is 10.0. The Balaban J connectivity index is 3.02. The molecule has 0 aliphatic carbocycles. The van der Waals surface area contributed by atoms with Crippen LogP contribution in [0.2, 0.25) is 0 Å². The highest BCUT2D eigenvalue weighted by molar-refractivity contribution is 5.68. The molecule has 0 unspecified atom stereocenters. The molecule has 0 amide bonds. The highest BCUT2D eigenvalue weighted by Crippen LogP contribution is 2.13. The van der Waals surface area contributed by atoms with Gasteiger partial charge in [0.2, 0.25) is 0 Å². The van der Waals surface area contributed by atoms with E-state index in [4.69, 9.17) is 4.74 Å². The average molecular weight is 328 g/mol. The van der Waals surface area contributed by atoms with Gasteiger partial charge in [-0.25, -0.2) is 0 Å². The minimum Gasteiger partial charge on any atom is -0.469 e. The van der Waals surface area contributed by atoms with Crippen molar-refractivity contribution in [2.24, 2.45) is 0 Å². The highest BCUT2D eigenvalue weighted by Gasteiger charge is 1.99. The van der Waals surface area contributed by atoms with E-state index in [0.29, 0.717) is 13.0 Å². The molecule has 0 bridgehead atoms. The number of esters is 2. The second-order valence-electron chi connectivity index (χ2n) is 6.26. The monoisotopic (exact) mass is 328 g/mol. The van der Waals surface area contributed by atoms with Crippen molar-refractivity contribution in [1.82, 2.24) is 0 Å². The second kappa shape index (κ2) is 17.3. The van der Waals surface area contributed by atoms with Crippen LogP contribution in [0.15, 0.2) is 0 Å². The Morgan fingerprint density at radius 3 is 1.43 bits per heavy atom. The predicted octanol–water partition coefficient (Wildman–Crippen LogP) is 5.18. The van der Waals surface area contributed by atoms with E-state index in [0.717, 1.165) is 19.3 Å².